The van der Waals surface area contributed by atoms with Gasteiger partial charge in [-0.3, -0.25) is 20.0 Å². The number of rotatable bonds is 8. The van der Waals surface area contributed by atoms with Gasteiger partial charge in [-0.25, -0.2) is 14.5 Å². The van der Waals surface area contributed by atoms with E-state index < -0.39 is 11.9 Å². The fourth-order valence-electron chi connectivity index (χ4n) is 3.69. The fraction of sp³-hybridized carbons (Fsp3) is 0.240. The van der Waals surface area contributed by atoms with Gasteiger partial charge in [-0.2, -0.15) is 5.10 Å². The molecule has 0 atom stereocenters. The van der Waals surface area contributed by atoms with E-state index in [1.807, 2.05) is 68.4 Å². The Bertz CT molecular complexity index is 1230. The van der Waals surface area contributed by atoms with Crippen LogP contribution in [0.1, 0.15) is 19.4 Å². The number of nitrogens with one attached hydrogen (secondary N) is 3. The molecule has 0 unspecified atom stereocenters. The van der Waals surface area contributed by atoms with E-state index in [2.05, 4.69) is 20.7 Å². The van der Waals surface area contributed by atoms with E-state index in [0.29, 0.717) is 18.9 Å². The Kier molecular flexibility index (Phi) is 6.91. The summed E-state index contributed by atoms with van der Waals surface area (Å²) in [4.78, 5) is 32.3. The molecule has 0 bridgehead atoms. The molecule has 0 spiro atoms. The van der Waals surface area contributed by atoms with Crippen LogP contribution in [-0.4, -0.2) is 55.9 Å². The lowest BCUT2D eigenvalue weighted by Crippen LogP contribution is -2.56. The third-order valence-corrected chi connectivity index (χ3v) is 5.47. The van der Waals surface area contributed by atoms with E-state index >= 15 is 0 Å². The maximum atomic E-state index is 13.2. The number of nitrogens with zero attached hydrogens (tertiary/aromatic N) is 5. The molecule has 3 N–H and O–H groups in total. The van der Waals surface area contributed by atoms with Crippen molar-refractivity contribution in [3.05, 3.63) is 84.2 Å². The topological polar surface area (TPSA) is 119 Å². The summed E-state index contributed by atoms with van der Waals surface area (Å²) in [6.07, 6.45) is 3.10. The van der Waals surface area contributed by atoms with Crippen LogP contribution in [-0.2, 0) is 11.3 Å². The normalized spacial score (nSPS) is 15.6. The average Bonchev–Trinajstić information content (AvgIpc) is 3.40. The molecular formula is C25H28N8O2. The molecule has 10 heteroatoms. The number of amides is 3. The zero-order valence-electron chi connectivity index (χ0n) is 19.9. The summed E-state index contributed by atoms with van der Waals surface area (Å²) in [7, 11) is 1.44. The van der Waals surface area contributed by atoms with Gasteiger partial charge in [0.15, 0.2) is 0 Å². The van der Waals surface area contributed by atoms with E-state index in [9.17, 15) is 9.59 Å². The first kappa shape index (κ1) is 23.7. The Morgan fingerprint density at radius 2 is 1.77 bits per heavy atom. The molecule has 4 rings (SSSR count). The molecule has 1 saturated heterocycles. The van der Waals surface area contributed by atoms with Crippen molar-refractivity contribution in [1.82, 2.24) is 29.9 Å². The van der Waals surface area contributed by atoms with Gasteiger partial charge in [-0.15, -0.1) is 0 Å². The number of benzene rings is 2. The number of amidine groups is 1. The average molecular weight is 473 g/mol. The minimum Gasteiger partial charge on any atom is -0.367 e. The van der Waals surface area contributed by atoms with Crippen LogP contribution in [0.25, 0.3) is 5.69 Å². The van der Waals surface area contributed by atoms with Gasteiger partial charge in [-0.1, -0.05) is 44.2 Å². The highest BCUT2D eigenvalue weighted by Crippen LogP contribution is 2.22. The number of anilines is 1. The number of likely N-dealkylation sites (N-methyl/N-ethyl adjacent to an activating group) is 1. The largest absolute Gasteiger partial charge is 0.367 e. The van der Waals surface area contributed by atoms with Crippen molar-refractivity contribution in [1.29, 1.82) is 5.41 Å². The maximum absolute atomic E-state index is 13.2. The van der Waals surface area contributed by atoms with Gasteiger partial charge in [0.05, 0.1) is 5.69 Å². The lowest BCUT2D eigenvalue weighted by atomic mass is 10.1. The van der Waals surface area contributed by atoms with Gasteiger partial charge in [0.2, 0.25) is 0 Å². The molecule has 0 aliphatic carbocycles. The Hall–Kier alpha value is -4.47. The maximum Gasteiger partial charge on any atom is 0.332 e. The Balaban J connectivity index is 1.65. The first-order valence-electron chi connectivity index (χ1n) is 11.3. The summed E-state index contributed by atoms with van der Waals surface area (Å²) in [5.74, 6) is -0.171. The van der Waals surface area contributed by atoms with Crippen molar-refractivity contribution in [2.24, 2.45) is 5.92 Å². The van der Waals surface area contributed by atoms with Crippen LogP contribution in [0.5, 0.6) is 0 Å². The van der Waals surface area contributed by atoms with Gasteiger partial charge in [0.1, 0.15) is 29.9 Å². The lowest BCUT2D eigenvalue weighted by molar-refractivity contribution is -0.123. The van der Waals surface area contributed by atoms with Gasteiger partial charge < -0.3 is 10.6 Å². The van der Waals surface area contributed by atoms with Crippen LogP contribution in [0.3, 0.4) is 0 Å². The first-order chi connectivity index (χ1) is 16.8. The standard InChI is InChI=1S/C25H28N8O2/c1-17(2)14-32-22(26)21(24(34)31(3)25(32)35)23(30-19-7-5-4-6-8-19)28-13-18-9-11-20(12-10-18)33-16-27-15-29-33/h4-12,15-17,26,28,30H,13-14H2,1-3H3/b23-21-,26-22?. The minimum atomic E-state index is -0.535. The number of carbonyl (C=O) groups is 2. The highest BCUT2D eigenvalue weighted by Gasteiger charge is 2.40. The van der Waals surface area contributed by atoms with Crippen LogP contribution in [0.15, 0.2) is 78.6 Å². The molecule has 3 amide bonds. The molecule has 0 radical (unpaired) electrons. The number of aromatic nitrogens is 3. The second-order valence-corrected chi connectivity index (χ2v) is 8.60. The van der Waals surface area contributed by atoms with Crippen LogP contribution in [0, 0.1) is 11.3 Å². The van der Waals surface area contributed by atoms with E-state index in [1.54, 1.807) is 11.0 Å². The molecule has 2 heterocycles. The van der Waals surface area contributed by atoms with Crippen LogP contribution < -0.4 is 10.6 Å². The molecule has 35 heavy (non-hydrogen) atoms. The monoisotopic (exact) mass is 472 g/mol. The van der Waals surface area contributed by atoms with Crippen LogP contribution >= 0.6 is 0 Å². The van der Waals surface area contributed by atoms with E-state index in [-0.39, 0.29) is 17.3 Å². The Morgan fingerprint density at radius 1 is 1.06 bits per heavy atom. The van der Waals surface area contributed by atoms with Crippen molar-refractivity contribution in [3.63, 3.8) is 0 Å². The number of para-hydroxylation sites is 1. The van der Waals surface area contributed by atoms with E-state index in [0.717, 1.165) is 21.8 Å². The summed E-state index contributed by atoms with van der Waals surface area (Å²) in [6, 6.07) is 16.6. The molecular weight excluding hydrogens is 444 g/mol. The van der Waals surface area contributed by atoms with E-state index in [4.69, 9.17) is 5.41 Å². The number of hydrogen-bond donors (Lipinski definition) is 3. The highest BCUT2D eigenvalue weighted by atomic mass is 16.2. The summed E-state index contributed by atoms with van der Waals surface area (Å²) in [5, 5.41) is 19.4. The minimum absolute atomic E-state index is 0.107. The highest BCUT2D eigenvalue weighted by molar-refractivity contribution is 6.30. The molecule has 2 aromatic carbocycles. The summed E-state index contributed by atoms with van der Waals surface area (Å²) >= 11 is 0. The Labute approximate surface area is 203 Å². The quantitative estimate of drug-likeness (QED) is 0.433. The number of imide groups is 1. The summed E-state index contributed by atoms with van der Waals surface area (Å²) in [5.41, 5.74) is 2.69. The molecule has 1 aliphatic heterocycles. The van der Waals surface area contributed by atoms with Crippen molar-refractivity contribution >= 4 is 23.5 Å². The predicted molar refractivity (Wildman–Crippen MR) is 133 cm³/mol. The zero-order valence-corrected chi connectivity index (χ0v) is 19.9. The lowest BCUT2D eigenvalue weighted by Gasteiger charge is -2.35. The van der Waals surface area contributed by atoms with Gasteiger partial charge in [0, 0.05) is 25.8 Å². The smallest absolute Gasteiger partial charge is 0.332 e. The van der Waals surface area contributed by atoms with Gasteiger partial charge in [-0.05, 0) is 35.7 Å². The summed E-state index contributed by atoms with van der Waals surface area (Å²) < 4.78 is 1.67. The third-order valence-electron chi connectivity index (χ3n) is 5.47. The third kappa shape index (κ3) is 5.21. The predicted octanol–water partition coefficient (Wildman–Crippen LogP) is 3.21. The number of urea groups is 1. The van der Waals surface area contributed by atoms with Crippen molar-refractivity contribution in [2.75, 3.05) is 18.9 Å². The molecule has 10 nitrogen and oxygen atoms in total. The molecule has 0 saturated carbocycles. The second kappa shape index (κ2) is 10.2. The van der Waals surface area contributed by atoms with E-state index in [1.165, 1.54) is 18.3 Å². The number of carbonyl (C=O) groups excluding carboxylic acids is 2. The Morgan fingerprint density at radius 3 is 2.40 bits per heavy atom. The zero-order chi connectivity index (χ0) is 24.9. The van der Waals surface area contributed by atoms with Crippen molar-refractivity contribution < 1.29 is 9.59 Å². The molecule has 180 valence electrons. The van der Waals surface area contributed by atoms with Crippen LogP contribution in [0.2, 0.25) is 0 Å². The van der Waals surface area contributed by atoms with Gasteiger partial charge in [0.25, 0.3) is 5.91 Å². The fourth-order valence-corrected chi connectivity index (χ4v) is 3.69. The SMILES string of the molecule is CC(C)CN1C(=N)/C(=C(\NCc2ccc(-n3cncn3)cc2)Nc2ccccc2)C(=O)N(C)C1=O. The molecule has 1 aromatic heterocycles. The molecule has 3 aromatic rings. The van der Waals surface area contributed by atoms with Crippen molar-refractivity contribution in [2.45, 2.75) is 20.4 Å². The number of hydrogen-bond acceptors (Lipinski definition) is 7. The van der Waals surface area contributed by atoms with Crippen molar-refractivity contribution in [3.8, 4) is 5.69 Å². The first-order valence-corrected chi connectivity index (χ1v) is 11.3. The van der Waals surface area contributed by atoms with Crippen LogP contribution in [0.4, 0.5) is 10.5 Å². The second-order valence-electron chi connectivity index (χ2n) is 8.60. The molecule has 1 aliphatic rings. The van der Waals surface area contributed by atoms with Gasteiger partial charge >= 0.3 is 6.03 Å². The molecule has 1 fully saturated rings. The summed E-state index contributed by atoms with van der Waals surface area (Å²) in [6.45, 7) is 4.65.